The summed E-state index contributed by atoms with van der Waals surface area (Å²) in [7, 11) is -1.55. The van der Waals surface area contributed by atoms with E-state index >= 15 is 0 Å². The molecule has 0 spiro atoms. The van der Waals surface area contributed by atoms with Gasteiger partial charge in [0, 0.05) is 42.9 Å². The van der Waals surface area contributed by atoms with Crippen molar-refractivity contribution < 1.29 is 8.42 Å². The second-order valence-electron chi connectivity index (χ2n) is 5.26. The highest BCUT2D eigenvalue weighted by molar-refractivity contribution is 9.10. The standard InChI is InChI=1S/C13H21BrN4O2S/c1-4-15-13-12(7-11(14)8-16-13)21(19,20)18-6-5-17(3)9-10(18)2/h7-8,10H,4-6,9H2,1-3H3,(H,15,16). The third-order valence-electron chi connectivity index (χ3n) is 3.52. The molecule has 1 aromatic heterocycles. The average molecular weight is 377 g/mol. The Bertz CT molecular complexity index is 608. The molecule has 1 saturated heterocycles. The molecule has 2 heterocycles. The molecule has 0 bridgehead atoms. The fraction of sp³-hybridized carbons (Fsp3) is 0.615. The number of likely N-dealkylation sites (N-methyl/N-ethyl adjacent to an activating group) is 1. The Morgan fingerprint density at radius 2 is 2.19 bits per heavy atom. The average Bonchev–Trinajstić information content (AvgIpc) is 2.40. The molecule has 118 valence electrons. The quantitative estimate of drug-likeness (QED) is 0.864. The fourth-order valence-electron chi connectivity index (χ4n) is 2.52. The highest BCUT2D eigenvalue weighted by Gasteiger charge is 2.34. The molecule has 0 saturated carbocycles. The zero-order valence-electron chi connectivity index (χ0n) is 12.5. The van der Waals surface area contributed by atoms with E-state index in [0.717, 1.165) is 13.1 Å². The van der Waals surface area contributed by atoms with E-state index in [1.165, 1.54) is 0 Å². The predicted molar refractivity (Wildman–Crippen MR) is 87.0 cm³/mol. The van der Waals surface area contributed by atoms with E-state index in [1.54, 1.807) is 16.6 Å². The van der Waals surface area contributed by atoms with Gasteiger partial charge < -0.3 is 10.2 Å². The topological polar surface area (TPSA) is 65.5 Å². The van der Waals surface area contributed by atoms with Crippen LogP contribution in [0.3, 0.4) is 0 Å². The van der Waals surface area contributed by atoms with Gasteiger partial charge in [-0.1, -0.05) is 0 Å². The van der Waals surface area contributed by atoms with Gasteiger partial charge in [0.15, 0.2) is 0 Å². The minimum Gasteiger partial charge on any atom is -0.369 e. The summed E-state index contributed by atoms with van der Waals surface area (Å²) >= 11 is 3.31. The monoisotopic (exact) mass is 376 g/mol. The van der Waals surface area contributed by atoms with Gasteiger partial charge in [-0.15, -0.1) is 0 Å². The van der Waals surface area contributed by atoms with E-state index in [1.807, 2.05) is 20.9 Å². The molecule has 0 amide bonds. The maximum absolute atomic E-state index is 13.0. The van der Waals surface area contributed by atoms with Crippen LogP contribution >= 0.6 is 15.9 Å². The summed E-state index contributed by atoms with van der Waals surface area (Å²) in [4.78, 5) is 6.57. The fourth-order valence-corrected chi connectivity index (χ4v) is 4.77. The van der Waals surface area contributed by atoms with Gasteiger partial charge in [-0.25, -0.2) is 13.4 Å². The molecule has 6 nitrogen and oxygen atoms in total. The van der Waals surface area contributed by atoms with Crippen molar-refractivity contribution in [1.82, 2.24) is 14.2 Å². The first kappa shape index (κ1) is 16.7. The molecule has 1 atom stereocenters. The Kier molecular flexibility index (Phi) is 5.24. The Labute approximate surface area is 134 Å². The number of nitrogens with zero attached hydrogens (tertiary/aromatic N) is 3. The van der Waals surface area contributed by atoms with Gasteiger partial charge in [0.1, 0.15) is 10.7 Å². The van der Waals surface area contributed by atoms with Crippen LogP contribution in [0.2, 0.25) is 0 Å². The smallest absolute Gasteiger partial charge is 0.247 e. The lowest BCUT2D eigenvalue weighted by molar-refractivity contribution is 0.170. The van der Waals surface area contributed by atoms with Crippen molar-refractivity contribution in [3.05, 3.63) is 16.7 Å². The van der Waals surface area contributed by atoms with Gasteiger partial charge in [-0.05, 0) is 42.9 Å². The van der Waals surface area contributed by atoms with E-state index in [4.69, 9.17) is 0 Å². The molecule has 21 heavy (non-hydrogen) atoms. The van der Waals surface area contributed by atoms with Crippen molar-refractivity contribution in [2.75, 3.05) is 38.5 Å². The van der Waals surface area contributed by atoms with E-state index in [-0.39, 0.29) is 10.9 Å². The minimum absolute atomic E-state index is 0.0535. The lowest BCUT2D eigenvalue weighted by Crippen LogP contribution is -2.52. The van der Waals surface area contributed by atoms with Crippen molar-refractivity contribution in [3.8, 4) is 0 Å². The van der Waals surface area contributed by atoms with E-state index in [0.29, 0.717) is 23.4 Å². The second kappa shape index (κ2) is 6.60. The summed E-state index contributed by atoms with van der Waals surface area (Å²) in [6.07, 6.45) is 1.60. The third kappa shape index (κ3) is 3.56. The summed E-state index contributed by atoms with van der Waals surface area (Å²) in [6, 6.07) is 1.56. The zero-order chi connectivity index (χ0) is 15.6. The molecular weight excluding hydrogens is 356 g/mol. The summed E-state index contributed by atoms with van der Waals surface area (Å²) in [5.41, 5.74) is 0. The Morgan fingerprint density at radius 1 is 1.48 bits per heavy atom. The number of anilines is 1. The van der Waals surface area contributed by atoms with Gasteiger partial charge in [0.25, 0.3) is 0 Å². The van der Waals surface area contributed by atoms with Crippen LogP contribution in [0.15, 0.2) is 21.6 Å². The number of hydrogen-bond donors (Lipinski definition) is 1. The van der Waals surface area contributed by atoms with Gasteiger partial charge >= 0.3 is 0 Å². The SMILES string of the molecule is CCNc1ncc(Br)cc1S(=O)(=O)N1CCN(C)CC1C. The van der Waals surface area contributed by atoms with Crippen LogP contribution in [0.25, 0.3) is 0 Å². The highest BCUT2D eigenvalue weighted by Crippen LogP contribution is 2.28. The van der Waals surface area contributed by atoms with Crippen LogP contribution in [0.4, 0.5) is 5.82 Å². The van der Waals surface area contributed by atoms with Crippen LogP contribution in [0, 0.1) is 0 Å². The lowest BCUT2D eigenvalue weighted by atomic mass is 10.2. The van der Waals surface area contributed by atoms with Crippen molar-refractivity contribution in [2.45, 2.75) is 24.8 Å². The lowest BCUT2D eigenvalue weighted by Gasteiger charge is -2.37. The van der Waals surface area contributed by atoms with Crippen molar-refractivity contribution >= 4 is 31.8 Å². The van der Waals surface area contributed by atoms with Crippen molar-refractivity contribution in [2.24, 2.45) is 0 Å². The van der Waals surface area contributed by atoms with Gasteiger partial charge in [-0.3, -0.25) is 0 Å². The number of nitrogens with one attached hydrogen (secondary N) is 1. The first-order chi connectivity index (χ1) is 9.86. The Hall–Kier alpha value is -0.700. The van der Waals surface area contributed by atoms with Crippen LogP contribution in [-0.2, 0) is 10.0 Å². The van der Waals surface area contributed by atoms with E-state index in [9.17, 15) is 8.42 Å². The van der Waals surface area contributed by atoms with Crippen molar-refractivity contribution in [1.29, 1.82) is 0 Å². The summed E-state index contributed by atoms with van der Waals surface area (Å²) in [5, 5.41) is 3.02. The molecule has 1 N–H and O–H groups in total. The molecular formula is C13H21BrN4O2S. The normalized spacial score (nSPS) is 21.4. The number of aromatic nitrogens is 1. The van der Waals surface area contributed by atoms with Crippen LogP contribution in [-0.4, -0.2) is 61.9 Å². The van der Waals surface area contributed by atoms with E-state index in [2.05, 4.69) is 31.1 Å². The molecule has 0 radical (unpaired) electrons. The first-order valence-corrected chi connectivity index (χ1v) is 9.19. The molecule has 1 aliphatic heterocycles. The van der Waals surface area contributed by atoms with Crippen LogP contribution in [0.5, 0.6) is 0 Å². The number of rotatable bonds is 4. The van der Waals surface area contributed by atoms with Gasteiger partial charge in [-0.2, -0.15) is 4.31 Å². The number of sulfonamides is 1. The number of hydrogen-bond acceptors (Lipinski definition) is 5. The maximum Gasteiger partial charge on any atom is 0.247 e. The largest absolute Gasteiger partial charge is 0.369 e. The summed E-state index contributed by atoms with van der Waals surface area (Å²) in [5.74, 6) is 0.409. The first-order valence-electron chi connectivity index (χ1n) is 6.96. The summed E-state index contributed by atoms with van der Waals surface area (Å²) in [6.45, 7) is 6.44. The molecule has 1 unspecified atom stereocenters. The molecule has 2 rings (SSSR count). The molecule has 1 aromatic rings. The van der Waals surface area contributed by atoms with Gasteiger partial charge in [0.05, 0.1) is 0 Å². The van der Waals surface area contributed by atoms with Crippen LogP contribution < -0.4 is 5.32 Å². The van der Waals surface area contributed by atoms with Gasteiger partial charge in [0.2, 0.25) is 10.0 Å². The molecule has 0 aliphatic carbocycles. The third-order valence-corrected chi connectivity index (χ3v) is 5.98. The van der Waals surface area contributed by atoms with Crippen LogP contribution in [0.1, 0.15) is 13.8 Å². The number of pyridine rings is 1. The molecule has 8 heteroatoms. The number of halogens is 1. The maximum atomic E-state index is 13.0. The molecule has 0 aromatic carbocycles. The highest BCUT2D eigenvalue weighted by atomic mass is 79.9. The molecule has 1 fully saturated rings. The van der Waals surface area contributed by atoms with Crippen molar-refractivity contribution in [3.63, 3.8) is 0 Å². The van der Waals surface area contributed by atoms with E-state index < -0.39 is 10.0 Å². The Morgan fingerprint density at radius 3 is 2.81 bits per heavy atom. The summed E-state index contributed by atoms with van der Waals surface area (Å²) < 4.78 is 28.1. The molecule has 1 aliphatic rings. The Balaban J connectivity index is 2.41. The second-order valence-corrected chi connectivity index (χ2v) is 8.03. The minimum atomic E-state index is -3.56. The predicted octanol–water partition coefficient (Wildman–Crippen LogP) is 1.60. The number of piperazine rings is 1. The zero-order valence-corrected chi connectivity index (χ0v) is 14.9.